The lowest BCUT2D eigenvalue weighted by Crippen LogP contribution is -2.41. The largest absolute Gasteiger partial charge is 0.378 e. The summed E-state index contributed by atoms with van der Waals surface area (Å²) in [6.45, 7) is 1.69. The van der Waals surface area contributed by atoms with Crippen LogP contribution in [0.15, 0.2) is 0 Å². The normalized spacial score (nSPS) is 22.8. The molecule has 1 heterocycles. The van der Waals surface area contributed by atoms with Crippen LogP contribution in [0, 0.1) is 0 Å². The maximum atomic E-state index is 11.5. The van der Waals surface area contributed by atoms with E-state index in [1.54, 1.807) is 0 Å². The van der Waals surface area contributed by atoms with Crippen LogP contribution in [0.4, 0.5) is 0 Å². The number of nitrogens with one attached hydrogen (secondary N) is 1. The van der Waals surface area contributed by atoms with E-state index in [1.807, 2.05) is 0 Å². The molecule has 5 heteroatoms. The van der Waals surface area contributed by atoms with Crippen LogP contribution in [0.5, 0.6) is 0 Å². The first-order valence-electron chi connectivity index (χ1n) is 5.90. The van der Waals surface area contributed by atoms with Gasteiger partial charge in [0.15, 0.2) is 0 Å². The van der Waals surface area contributed by atoms with Crippen LogP contribution in [0.25, 0.3) is 0 Å². The predicted octanol–water partition coefficient (Wildman–Crippen LogP) is 0.0355. The summed E-state index contributed by atoms with van der Waals surface area (Å²) in [6, 6.07) is 0. The Balaban J connectivity index is 2.11. The lowest BCUT2D eigenvalue weighted by Gasteiger charge is -2.22. The van der Waals surface area contributed by atoms with E-state index in [-0.39, 0.29) is 12.5 Å². The average Bonchev–Trinajstić information content (AvgIpc) is 2.32. The van der Waals surface area contributed by atoms with E-state index in [2.05, 4.69) is 5.32 Å². The Kier molecular flexibility index (Phi) is 6.37. The second-order valence-corrected chi connectivity index (χ2v) is 4.03. The Bertz CT molecular complexity index is 201. The SMILES string of the molecule is COC(CN)C(=O)NCCC1CCCCO1. The summed E-state index contributed by atoms with van der Waals surface area (Å²) in [5.74, 6) is -0.138. The molecule has 1 aliphatic heterocycles. The van der Waals surface area contributed by atoms with Crippen molar-refractivity contribution in [3.63, 3.8) is 0 Å². The highest BCUT2D eigenvalue weighted by molar-refractivity contribution is 5.80. The standard InChI is InChI=1S/C11H22N2O3/c1-15-10(8-12)11(14)13-6-5-9-4-2-3-7-16-9/h9-10H,2-8,12H2,1H3,(H,13,14). The van der Waals surface area contributed by atoms with Crippen molar-refractivity contribution in [1.82, 2.24) is 5.32 Å². The molecule has 0 saturated carbocycles. The molecule has 0 aromatic rings. The summed E-state index contributed by atoms with van der Waals surface area (Å²) in [5.41, 5.74) is 5.39. The summed E-state index contributed by atoms with van der Waals surface area (Å²) in [5, 5.41) is 2.81. The molecule has 0 bridgehead atoms. The topological polar surface area (TPSA) is 73.6 Å². The molecule has 0 spiro atoms. The van der Waals surface area contributed by atoms with E-state index in [0.717, 1.165) is 25.9 Å². The van der Waals surface area contributed by atoms with E-state index in [0.29, 0.717) is 12.6 Å². The third-order valence-electron chi connectivity index (χ3n) is 2.83. The van der Waals surface area contributed by atoms with E-state index in [9.17, 15) is 4.79 Å². The smallest absolute Gasteiger partial charge is 0.250 e. The molecule has 1 aliphatic rings. The molecule has 5 nitrogen and oxygen atoms in total. The van der Waals surface area contributed by atoms with E-state index in [4.69, 9.17) is 15.2 Å². The molecular formula is C11H22N2O3. The average molecular weight is 230 g/mol. The van der Waals surface area contributed by atoms with Gasteiger partial charge in [-0.1, -0.05) is 0 Å². The van der Waals surface area contributed by atoms with Gasteiger partial charge in [0.2, 0.25) is 5.91 Å². The molecule has 1 fully saturated rings. The van der Waals surface area contributed by atoms with Crippen molar-refractivity contribution >= 4 is 5.91 Å². The second-order valence-electron chi connectivity index (χ2n) is 4.03. The Hall–Kier alpha value is -0.650. The molecule has 0 aromatic carbocycles. The number of amides is 1. The monoisotopic (exact) mass is 230 g/mol. The Morgan fingerprint density at radius 2 is 2.44 bits per heavy atom. The first-order chi connectivity index (χ1) is 7.77. The Morgan fingerprint density at radius 1 is 1.62 bits per heavy atom. The van der Waals surface area contributed by atoms with E-state index >= 15 is 0 Å². The molecule has 16 heavy (non-hydrogen) atoms. The minimum atomic E-state index is -0.535. The number of rotatable bonds is 6. The molecule has 3 N–H and O–H groups in total. The number of carbonyl (C=O) groups excluding carboxylic acids is 1. The molecule has 2 atom stereocenters. The van der Waals surface area contributed by atoms with Gasteiger partial charge in [-0.25, -0.2) is 0 Å². The number of methoxy groups -OCH3 is 1. The van der Waals surface area contributed by atoms with Crippen molar-refractivity contribution in [2.24, 2.45) is 5.73 Å². The summed E-state index contributed by atoms with van der Waals surface area (Å²) < 4.78 is 10.5. The zero-order valence-electron chi connectivity index (χ0n) is 9.91. The number of hydrogen-bond acceptors (Lipinski definition) is 4. The van der Waals surface area contributed by atoms with Gasteiger partial charge in [0.25, 0.3) is 0 Å². The van der Waals surface area contributed by atoms with Crippen molar-refractivity contribution in [3.05, 3.63) is 0 Å². The minimum Gasteiger partial charge on any atom is -0.378 e. The van der Waals surface area contributed by atoms with Crippen LogP contribution in [0.3, 0.4) is 0 Å². The number of hydrogen-bond donors (Lipinski definition) is 2. The van der Waals surface area contributed by atoms with Crippen molar-refractivity contribution in [2.75, 3.05) is 26.8 Å². The summed E-state index contributed by atoms with van der Waals surface area (Å²) in [4.78, 5) is 11.5. The summed E-state index contributed by atoms with van der Waals surface area (Å²) >= 11 is 0. The van der Waals surface area contributed by atoms with Crippen LogP contribution in [-0.4, -0.2) is 44.9 Å². The fraction of sp³-hybridized carbons (Fsp3) is 0.909. The fourth-order valence-corrected chi connectivity index (χ4v) is 1.82. The number of carbonyl (C=O) groups is 1. The van der Waals surface area contributed by atoms with Crippen molar-refractivity contribution in [1.29, 1.82) is 0 Å². The van der Waals surface area contributed by atoms with Gasteiger partial charge in [-0.2, -0.15) is 0 Å². The highest BCUT2D eigenvalue weighted by atomic mass is 16.5. The molecule has 2 unspecified atom stereocenters. The molecule has 1 saturated heterocycles. The Morgan fingerprint density at radius 3 is 3.00 bits per heavy atom. The van der Waals surface area contributed by atoms with Crippen LogP contribution in [-0.2, 0) is 14.3 Å². The second kappa shape index (κ2) is 7.60. The van der Waals surface area contributed by atoms with Crippen molar-refractivity contribution in [3.8, 4) is 0 Å². The van der Waals surface area contributed by atoms with Crippen molar-refractivity contribution < 1.29 is 14.3 Å². The lowest BCUT2D eigenvalue weighted by atomic mass is 10.1. The van der Waals surface area contributed by atoms with Crippen LogP contribution in [0.2, 0.25) is 0 Å². The highest BCUT2D eigenvalue weighted by Gasteiger charge is 2.17. The summed E-state index contributed by atoms with van der Waals surface area (Å²) in [7, 11) is 1.49. The predicted molar refractivity (Wildman–Crippen MR) is 61.1 cm³/mol. The maximum Gasteiger partial charge on any atom is 0.250 e. The number of nitrogens with two attached hydrogens (primary N) is 1. The third kappa shape index (κ3) is 4.47. The molecular weight excluding hydrogens is 208 g/mol. The third-order valence-corrected chi connectivity index (χ3v) is 2.83. The molecule has 0 aromatic heterocycles. The fourth-order valence-electron chi connectivity index (χ4n) is 1.82. The van der Waals surface area contributed by atoms with Crippen LogP contribution < -0.4 is 11.1 Å². The van der Waals surface area contributed by atoms with Gasteiger partial charge in [0.05, 0.1) is 6.10 Å². The van der Waals surface area contributed by atoms with Gasteiger partial charge in [0, 0.05) is 26.8 Å². The maximum absolute atomic E-state index is 11.5. The molecule has 94 valence electrons. The minimum absolute atomic E-state index is 0.138. The number of ether oxygens (including phenoxy) is 2. The molecule has 0 aliphatic carbocycles. The van der Waals surface area contributed by atoms with Crippen molar-refractivity contribution in [2.45, 2.75) is 37.9 Å². The molecule has 1 amide bonds. The zero-order chi connectivity index (χ0) is 11.8. The summed E-state index contributed by atoms with van der Waals surface area (Å²) in [6.07, 6.45) is 4.11. The van der Waals surface area contributed by atoms with E-state index < -0.39 is 6.10 Å². The van der Waals surface area contributed by atoms with E-state index in [1.165, 1.54) is 13.5 Å². The quantitative estimate of drug-likeness (QED) is 0.675. The first-order valence-corrected chi connectivity index (χ1v) is 5.90. The zero-order valence-corrected chi connectivity index (χ0v) is 9.91. The first kappa shape index (κ1) is 13.4. The van der Waals surface area contributed by atoms with Gasteiger partial charge in [-0.3, -0.25) is 4.79 Å². The van der Waals surface area contributed by atoms with Gasteiger partial charge in [-0.15, -0.1) is 0 Å². The Labute approximate surface area is 96.7 Å². The van der Waals surface area contributed by atoms with Gasteiger partial charge >= 0.3 is 0 Å². The van der Waals surface area contributed by atoms with Gasteiger partial charge in [0.1, 0.15) is 6.10 Å². The van der Waals surface area contributed by atoms with Gasteiger partial charge < -0.3 is 20.5 Å². The highest BCUT2D eigenvalue weighted by Crippen LogP contribution is 2.14. The van der Waals surface area contributed by atoms with Gasteiger partial charge in [-0.05, 0) is 25.7 Å². The molecule has 1 rings (SSSR count). The molecule has 0 radical (unpaired) electrons. The van der Waals surface area contributed by atoms with Crippen LogP contribution >= 0.6 is 0 Å². The lowest BCUT2D eigenvalue weighted by molar-refractivity contribution is -0.130. The van der Waals surface area contributed by atoms with Crippen LogP contribution in [0.1, 0.15) is 25.7 Å².